The molecule has 2 atom stereocenters. The Kier molecular flexibility index (Phi) is 4.62. The smallest absolute Gasteiger partial charge is 0.255 e. The van der Waals surface area contributed by atoms with Gasteiger partial charge >= 0.3 is 0 Å². The Morgan fingerprint density at radius 3 is 2.76 bits per heavy atom. The molecule has 3 rings (SSSR count). The molecule has 2 heterocycles. The van der Waals surface area contributed by atoms with Crippen LogP contribution in [0.25, 0.3) is 0 Å². The maximum absolute atomic E-state index is 5.76. The van der Waals surface area contributed by atoms with Crippen LogP contribution in [0.1, 0.15) is 42.6 Å². The molecule has 21 heavy (non-hydrogen) atoms. The molecule has 5 heteroatoms. The van der Waals surface area contributed by atoms with E-state index in [9.17, 15) is 0 Å². The lowest BCUT2D eigenvalue weighted by Gasteiger charge is -2.07. The van der Waals surface area contributed by atoms with Crippen LogP contribution in [0.15, 0.2) is 34.9 Å². The molecule has 1 saturated heterocycles. The summed E-state index contributed by atoms with van der Waals surface area (Å²) in [6, 6.07) is 10.4. The van der Waals surface area contributed by atoms with Gasteiger partial charge in [-0.1, -0.05) is 35.5 Å². The van der Waals surface area contributed by atoms with E-state index in [1.807, 2.05) is 6.07 Å². The third-order valence-corrected chi connectivity index (χ3v) is 3.84. The number of benzene rings is 1. The van der Waals surface area contributed by atoms with Crippen LogP contribution in [-0.4, -0.2) is 22.8 Å². The molecule has 2 N–H and O–H groups in total. The molecule has 0 bridgehead atoms. The van der Waals surface area contributed by atoms with Crippen LogP contribution in [-0.2, 0) is 17.6 Å². The summed E-state index contributed by atoms with van der Waals surface area (Å²) >= 11 is 0. The average molecular weight is 287 g/mol. The standard InChI is InChI=1S/C16H21N3O2/c17-11-13-9-10-14(20-13)16-18-15(19-21-16)8-4-7-12-5-2-1-3-6-12/h1-3,5-6,13-14H,4,7-11,17H2/t13-,14-/m0/s1. The molecule has 0 radical (unpaired) electrons. The van der Waals surface area contributed by atoms with Gasteiger partial charge in [-0.25, -0.2) is 0 Å². The molecule has 0 saturated carbocycles. The second kappa shape index (κ2) is 6.83. The van der Waals surface area contributed by atoms with Crippen LogP contribution in [0.4, 0.5) is 0 Å². The summed E-state index contributed by atoms with van der Waals surface area (Å²) in [5.41, 5.74) is 6.95. The number of aromatic nitrogens is 2. The van der Waals surface area contributed by atoms with E-state index in [-0.39, 0.29) is 12.2 Å². The lowest BCUT2D eigenvalue weighted by atomic mass is 10.1. The van der Waals surface area contributed by atoms with Gasteiger partial charge in [-0.2, -0.15) is 4.98 Å². The van der Waals surface area contributed by atoms with Gasteiger partial charge in [0.05, 0.1) is 6.10 Å². The fourth-order valence-electron chi connectivity index (χ4n) is 2.66. The summed E-state index contributed by atoms with van der Waals surface area (Å²) in [4.78, 5) is 4.45. The lowest BCUT2D eigenvalue weighted by Crippen LogP contribution is -2.18. The van der Waals surface area contributed by atoms with E-state index < -0.39 is 0 Å². The predicted octanol–water partition coefficient (Wildman–Crippen LogP) is 2.42. The Labute approximate surface area is 124 Å². The number of aryl methyl sites for hydroxylation is 2. The summed E-state index contributed by atoms with van der Waals surface area (Å²) in [5, 5.41) is 4.05. The van der Waals surface area contributed by atoms with Crippen LogP contribution in [0.2, 0.25) is 0 Å². The maximum Gasteiger partial charge on any atom is 0.255 e. The molecular formula is C16H21N3O2. The van der Waals surface area contributed by atoms with Crippen LogP contribution in [0, 0.1) is 0 Å². The number of rotatable bonds is 6. The minimum atomic E-state index is -0.0751. The lowest BCUT2D eigenvalue weighted by molar-refractivity contribution is 0.0307. The Balaban J connectivity index is 1.49. The van der Waals surface area contributed by atoms with Gasteiger partial charge in [-0.3, -0.25) is 0 Å². The summed E-state index contributed by atoms with van der Waals surface area (Å²) in [6.07, 6.45) is 4.79. The van der Waals surface area contributed by atoms with Crippen molar-refractivity contribution in [2.45, 2.75) is 44.3 Å². The molecule has 1 aliphatic heterocycles. The SMILES string of the molecule is NC[C@@H]1CC[C@@H](c2nc(CCCc3ccccc3)no2)O1. The maximum atomic E-state index is 5.76. The van der Waals surface area contributed by atoms with Gasteiger partial charge in [-0.15, -0.1) is 0 Å². The van der Waals surface area contributed by atoms with Crippen molar-refractivity contribution >= 4 is 0 Å². The van der Waals surface area contributed by atoms with Crippen molar-refractivity contribution in [2.24, 2.45) is 5.73 Å². The van der Waals surface area contributed by atoms with E-state index in [0.717, 1.165) is 37.9 Å². The molecule has 1 fully saturated rings. The Morgan fingerprint density at radius 1 is 1.14 bits per heavy atom. The molecule has 5 nitrogen and oxygen atoms in total. The monoisotopic (exact) mass is 287 g/mol. The highest BCUT2D eigenvalue weighted by atomic mass is 16.5. The summed E-state index contributed by atoms with van der Waals surface area (Å²) in [7, 11) is 0. The van der Waals surface area contributed by atoms with Crippen molar-refractivity contribution < 1.29 is 9.26 Å². The number of nitrogens with two attached hydrogens (primary N) is 1. The number of nitrogens with zero attached hydrogens (tertiary/aromatic N) is 2. The van der Waals surface area contributed by atoms with Crippen LogP contribution in [0.3, 0.4) is 0 Å². The minimum absolute atomic E-state index is 0.0751. The van der Waals surface area contributed by atoms with Crippen LogP contribution < -0.4 is 5.73 Å². The molecule has 0 spiro atoms. The first kappa shape index (κ1) is 14.2. The van der Waals surface area contributed by atoms with Crippen LogP contribution in [0.5, 0.6) is 0 Å². The molecule has 2 aromatic rings. The normalized spacial score (nSPS) is 21.8. The summed E-state index contributed by atoms with van der Waals surface area (Å²) in [6.45, 7) is 0.550. The number of ether oxygens (including phenoxy) is 1. The zero-order chi connectivity index (χ0) is 14.5. The molecule has 0 amide bonds. The first-order valence-corrected chi connectivity index (χ1v) is 7.57. The molecule has 0 aliphatic carbocycles. The van der Waals surface area contributed by atoms with Crippen molar-refractivity contribution in [3.8, 4) is 0 Å². The second-order valence-corrected chi connectivity index (χ2v) is 5.45. The summed E-state index contributed by atoms with van der Waals surface area (Å²) < 4.78 is 11.1. The Hall–Kier alpha value is -1.72. The quantitative estimate of drug-likeness (QED) is 0.883. The van der Waals surface area contributed by atoms with Gasteiger partial charge in [0.1, 0.15) is 6.10 Å². The van der Waals surface area contributed by atoms with Gasteiger partial charge in [0, 0.05) is 13.0 Å². The van der Waals surface area contributed by atoms with Gasteiger partial charge in [0.25, 0.3) is 5.89 Å². The molecule has 1 aromatic carbocycles. The van der Waals surface area contributed by atoms with E-state index in [4.69, 9.17) is 15.0 Å². The van der Waals surface area contributed by atoms with Gasteiger partial charge in [0.2, 0.25) is 0 Å². The molecule has 0 unspecified atom stereocenters. The van der Waals surface area contributed by atoms with E-state index in [1.165, 1.54) is 5.56 Å². The van der Waals surface area contributed by atoms with Crippen molar-refractivity contribution in [3.63, 3.8) is 0 Å². The summed E-state index contributed by atoms with van der Waals surface area (Å²) in [5.74, 6) is 1.36. The molecule has 112 valence electrons. The fourth-order valence-corrected chi connectivity index (χ4v) is 2.66. The van der Waals surface area contributed by atoms with E-state index in [0.29, 0.717) is 12.4 Å². The second-order valence-electron chi connectivity index (χ2n) is 5.45. The zero-order valence-corrected chi connectivity index (χ0v) is 12.1. The molecule has 1 aromatic heterocycles. The Morgan fingerprint density at radius 2 is 2.00 bits per heavy atom. The van der Waals surface area contributed by atoms with Crippen molar-refractivity contribution in [1.29, 1.82) is 0 Å². The number of hydrogen-bond acceptors (Lipinski definition) is 5. The van der Waals surface area contributed by atoms with Crippen molar-refractivity contribution in [1.82, 2.24) is 10.1 Å². The number of hydrogen-bond donors (Lipinski definition) is 1. The van der Waals surface area contributed by atoms with Gasteiger partial charge < -0.3 is 15.0 Å². The van der Waals surface area contributed by atoms with E-state index >= 15 is 0 Å². The highest BCUT2D eigenvalue weighted by molar-refractivity contribution is 5.14. The van der Waals surface area contributed by atoms with E-state index in [1.54, 1.807) is 0 Å². The highest BCUT2D eigenvalue weighted by Crippen LogP contribution is 2.31. The highest BCUT2D eigenvalue weighted by Gasteiger charge is 2.29. The predicted molar refractivity (Wildman–Crippen MR) is 78.7 cm³/mol. The fraction of sp³-hybridized carbons (Fsp3) is 0.500. The largest absolute Gasteiger partial charge is 0.364 e. The van der Waals surface area contributed by atoms with Crippen molar-refractivity contribution in [3.05, 3.63) is 47.6 Å². The minimum Gasteiger partial charge on any atom is -0.364 e. The van der Waals surface area contributed by atoms with E-state index in [2.05, 4.69) is 34.4 Å². The Bertz CT molecular complexity index is 556. The van der Waals surface area contributed by atoms with Crippen molar-refractivity contribution in [2.75, 3.05) is 6.54 Å². The first-order valence-electron chi connectivity index (χ1n) is 7.57. The topological polar surface area (TPSA) is 74.2 Å². The van der Waals surface area contributed by atoms with Gasteiger partial charge in [0.15, 0.2) is 5.82 Å². The molecular weight excluding hydrogens is 266 g/mol. The molecule has 1 aliphatic rings. The zero-order valence-electron chi connectivity index (χ0n) is 12.1. The first-order chi connectivity index (χ1) is 10.3. The third-order valence-electron chi connectivity index (χ3n) is 3.84. The van der Waals surface area contributed by atoms with Crippen LogP contribution >= 0.6 is 0 Å². The van der Waals surface area contributed by atoms with Gasteiger partial charge in [-0.05, 0) is 31.2 Å². The third kappa shape index (κ3) is 3.68. The average Bonchev–Trinajstić information content (AvgIpc) is 3.17.